The van der Waals surface area contributed by atoms with E-state index in [1.807, 2.05) is 43.4 Å². The first kappa shape index (κ1) is 12.5. The molecule has 0 unspecified atom stereocenters. The Balaban J connectivity index is 2.09. The molecule has 1 saturated heterocycles. The molecule has 0 aliphatic carbocycles. The predicted octanol–water partition coefficient (Wildman–Crippen LogP) is 1.99. The minimum absolute atomic E-state index is 0.129. The fourth-order valence-electron chi connectivity index (χ4n) is 2.62. The third-order valence-electron chi connectivity index (χ3n) is 3.82. The van der Waals surface area contributed by atoms with Crippen LogP contribution in [0.1, 0.15) is 5.56 Å². The van der Waals surface area contributed by atoms with Crippen molar-refractivity contribution in [3.05, 3.63) is 42.0 Å². The molecule has 0 N–H and O–H groups in total. The summed E-state index contributed by atoms with van der Waals surface area (Å²) in [6, 6.07) is 13.9. The second-order valence-corrected chi connectivity index (χ2v) is 5.03. The van der Waals surface area contributed by atoms with Crippen LogP contribution in [0.3, 0.4) is 0 Å². The summed E-state index contributed by atoms with van der Waals surface area (Å²) in [6.45, 7) is 1.94. The number of anilines is 1. The lowest BCUT2D eigenvalue weighted by molar-refractivity contribution is -0.129. The molecule has 4 nitrogen and oxygen atoms in total. The lowest BCUT2D eigenvalue weighted by atomic mass is 10.0. The van der Waals surface area contributed by atoms with E-state index in [1.54, 1.807) is 4.90 Å². The van der Waals surface area contributed by atoms with Crippen LogP contribution in [0.4, 0.5) is 5.69 Å². The number of likely N-dealkylation sites (N-methyl/N-ethyl adjacent to an activating group) is 1. The highest BCUT2D eigenvalue weighted by atomic mass is 16.2. The molecule has 0 atom stereocenters. The Hall–Kier alpha value is -2.54. The number of rotatable bonds is 1. The minimum Gasteiger partial charge on any atom is -0.360 e. The zero-order chi connectivity index (χ0) is 14.1. The van der Waals surface area contributed by atoms with Crippen molar-refractivity contribution in [1.29, 1.82) is 5.26 Å². The molecule has 1 aliphatic rings. The zero-order valence-electron chi connectivity index (χ0n) is 11.3. The maximum Gasteiger partial charge on any atom is 0.241 e. The second kappa shape index (κ2) is 4.86. The lowest BCUT2D eigenvalue weighted by Gasteiger charge is -2.34. The minimum atomic E-state index is 0.129. The number of amides is 1. The van der Waals surface area contributed by atoms with Crippen molar-refractivity contribution in [2.75, 3.05) is 31.6 Å². The molecule has 0 saturated carbocycles. The zero-order valence-corrected chi connectivity index (χ0v) is 11.3. The van der Waals surface area contributed by atoms with Crippen LogP contribution in [0.15, 0.2) is 36.4 Å². The van der Waals surface area contributed by atoms with Crippen molar-refractivity contribution >= 4 is 22.4 Å². The Kier molecular flexibility index (Phi) is 3.03. The van der Waals surface area contributed by atoms with Gasteiger partial charge in [-0.3, -0.25) is 4.79 Å². The van der Waals surface area contributed by atoms with Gasteiger partial charge in [-0.15, -0.1) is 0 Å². The highest BCUT2D eigenvalue weighted by Gasteiger charge is 2.22. The van der Waals surface area contributed by atoms with E-state index in [9.17, 15) is 10.1 Å². The molecule has 1 heterocycles. The second-order valence-electron chi connectivity index (χ2n) is 5.03. The summed E-state index contributed by atoms with van der Waals surface area (Å²) in [5, 5.41) is 11.2. The Bertz CT molecular complexity index is 717. The Morgan fingerprint density at radius 3 is 2.55 bits per heavy atom. The maximum absolute atomic E-state index is 11.9. The molecule has 1 amide bonds. The quantitative estimate of drug-likeness (QED) is 0.792. The standard InChI is InChI=1S/C16H15N3O/c1-18-8-9-19(11-16(18)20)15-7-6-12(10-17)13-4-2-3-5-14(13)15/h2-7H,8-9,11H2,1H3. The van der Waals surface area contributed by atoms with E-state index in [0.29, 0.717) is 12.1 Å². The SMILES string of the molecule is CN1CCN(c2ccc(C#N)c3ccccc23)CC1=O. The molecule has 0 aromatic heterocycles. The molecular formula is C16H15N3O. The summed E-state index contributed by atoms with van der Waals surface area (Å²) in [5.41, 5.74) is 1.70. The van der Waals surface area contributed by atoms with Gasteiger partial charge in [-0.05, 0) is 12.1 Å². The van der Waals surface area contributed by atoms with E-state index in [2.05, 4.69) is 11.0 Å². The molecule has 20 heavy (non-hydrogen) atoms. The van der Waals surface area contributed by atoms with E-state index < -0.39 is 0 Å². The van der Waals surface area contributed by atoms with Gasteiger partial charge < -0.3 is 9.80 Å². The largest absolute Gasteiger partial charge is 0.360 e. The van der Waals surface area contributed by atoms with Gasteiger partial charge >= 0.3 is 0 Å². The van der Waals surface area contributed by atoms with Crippen LogP contribution in [0.25, 0.3) is 10.8 Å². The predicted molar refractivity (Wildman–Crippen MR) is 78.5 cm³/mol. The number of carbonyl (C=O) groups excluding carboxylic acids is 1. The molecule has 2 aromatic carbocycles. The van der Waals surface area contributed by atoms with Crippen molar-refractivity contribution < 1.29 is 4.79 Å². The maximum atomic E-state index is 11.9. The highest BCUT2D eigenvalue weighted by molar-refractivity contribution is 5.99. The van der Waals surface area contributed by atoms with Gasteiger partial charge in [0.2, 0.25) is 5.91 Å². The molecule has 2 aromatic rings. The molecule has 3 rings (SSSR count). The van der Waals surface area contributed by atoms with Crippen LogP contribution in [-0.2, 0) is 4.79 Å². The van der Waals surface area contributed by atoms with Gasteiger partial charge in [-0.1, -0.05) is 24.3 Å². The number of piperazine rings is 1. The van der Waals surface area contributed by atoms with E-state index in [0.717, 1.165) is 29.5 Å². The van der Waals surface area contributed by atoms with Crippen LogP contribution in [0.2, 0.25) is 0 Å². The first-order chi connectivity index (χ1) is 9.70. The van der Waals surface area contributed by atoms with Crippen LogP contribution in [0.5, 0.6) is 0 Å². The van der Waals surface area contributed by atoms with Crippen molar-refractivity contribution in [3.63, 3.8) is 0 Å². The first-order valence-electron chi connectivity index (χ1n) is 6.61. The summed E-state index contributed by atoms with van der Waals surface area (Å²) in [5.74, 6) is 0.129. The van der Waals surface area contributed by atoms with E-state index >= 15 is 0 Å². The third-order valence-corrected chi connectivity index (χ3v) is 3.82. The Morgan fingerprint density at radius 1 is 1.10 bits per heavy atom. The monoisotopic (exact) mass is 265 g/mol. The van der Waals surface area contributed by atoms with Crippen molar-refractivity contribution in [3.8, 4) is 6.07 Å². The van der Waals surface area contributed by atoms with Crippen molar-refractivity contribution in [2.45, 2.75) is 0 Å². The van der Waals surface area contributed by atoms with Gasteiger partial charge in [0.15, 0.2) is 0 Å². The van der Waals surface area contributed by atoms with E-state index in [-0.39, 0.29) is 5.91 Å². The first-order valence-corrected chi connectivity index (χ1v) is 6.61. The number of fused-ring (bicyclic) bond motifs is 1. The summed E-state index contributed by atoms with van der Waals surface area (Å²) in [7, 11) is 1.83. The fourth-order valence-corrected chi connectivity index (χ4v) is 2.62. The molecule has 4 heteroatoms. The normalized spacial score (nSPS) is 15.5. The van der Waals surface area contributed by atoms with Gasteiger partial charge in [-0.2, -0.15) is 5.26 Å². The molecule has 100 valence electrons. The van der Waals surface area contributed by atoms with Crippen molar-refractivity contribution in [2.24, 2.45) is 0 Å². The fraction of sp³-hybridized carbons (Fsp3) is 0.250. The van der Waals surface area contributed by atoms with Gasteiger partial charge in [-0.25, -0.2) is 0 Å². The van der Waals surface area contributed by atoms with Crippen LogP contribution >= 0.6 is 0 Å². The highest BCUT2D eigenvalue weighted by Crippen LogP contribution is 2.29. The summed E-state index contributed by atoms with van der Waals surface area (Å²) in [4.78, 5) is 15.7. The number of nitrogens with zero attached hydrogens (tertiary/aromatic N) is 3. The Labute approximate surface area is 117 Å². The van der Waals surface area contributed by atoms with Gasteiger partial charge in [0.1, 0.15) is 0 Å². The number of nitriles is 1. The number of carbonyl (C=O) groups is 1. The Morgan fingerprint density at radius 2 is 1.85 bits per heavy atom. The molecule has 1 aliphatic heterocycles. The number of hydrogen-bond donors (Lipinski definition) is 0. The summed E-state index contributed by atoms with van der Waals surface area (Å²) in [6.07, 6.45) is 0. The third kappa shape index (κ3) is 1.97. The lowest BCUT2D eigenvalue weighted by Crippen LogP contribution is -2.48. The number of hydrogen-bond acceptors (Lipinski definition) is 3. The summed E-state index contributed by atoms with van der Waals surface area (Å²) >= 11 is 0. The smallest absolute Gasteiger partial charge is 0.241 e. The van der Waals surface area contributed by atoms with Crippen molar-refractivity contribution in [1.82, 2.24) is 4.90 Å². The average Bonchev–Trinajstić information content (AvgIpc) is 2.49. The molecular weight excluding hydrogens is 250 g/mol. The molecule has 0 spiro atoms. The van der Waals surface area contributed by atoms with E-state index in [1.165, 1.54) is 0 Å². The van der Waals surface area contributed by atoms with Crippen LogP contribution in [0, 0.1) is 11.3 Å². The van der Waals surface area contributed by atoms with Crippen LogP contribution in [-0.4, -0.2) is 37.5 Å². The van der Waals surface area contributed by atoms with Gasteiger partial charge in [0.25, 0.3) is 0 Å². The van der Waals surface area contributed by atoms with Gasteiger partial charge in [0, 0.05) is 36.6 Å². The average molecular weight is 265 g/mol. The molecule has 0 radical (unpaired) electrons. The van der Waals surface area contributed by atoms with Crippen LogP contribution < -0.4 is 4.90 Å². The summed E-state index contributed by atoms with van der Waals surface area (Å²) < 4.78 is 0. The topological polar surface area (TPSA) is 47.3 Å². The molecule has 0 bridgehead atoms. The number of benzene rings is 2. The van der Waals surface area contributed by atoms with Gasteiger partial charge in [0.05, 0.1) is 18.2 Å². The van der Waals surface area contributed by atoms with E-state index in [4.69, 9.17) is 0 Å². The molecule has 1 fully saturated rings.